The summed E-state index contributed by atoms with van der Waals surface area (Å²) in [6, 6.07) is 2.01. The number of ketones is 1. The molecule has 3 fully saturated rings. The SMILES string of the molecule is COc1cc(O)c2c3c1O[C@H]1C(=O)C(=CN(C)C)C[C@H]4[C@@H](C2)N(CC2CC2)CC[C@]314. The van der Waals surface area contributed by atoms with E-state index < -0.39 is 6.10 Å². The van der Waals surface area contributed by atoms with Crippen molar-refractivity contribution in [2.45, 2.75) is 49.7 Å². The van der Waals surface area contributed by atoms with Crippen LogP contribution in [0.4, 0.5) is 0 Å². The smallest absolute Gasteiger partial charge is 0.201 e. The maximum Gasteiger partial charge on any atom is 0.201 e. The number of ether oxygens (including phenoxy) is 2. The second kappa shape index (κ2) is 6.16. The van der Waals surface area contributed by atoms with Gasteiger partial charge in [0, 0.05) is 61.1 Å². The number of rotatable bonds is 4. The van der Waals surface area contributed by atoms with E-state index in [1.54, 1.807) is 13.2 Å². The van der Waals surface area contributed by atoms with Gasteiger partial charge in [0.1, 0.15) is 5.75 Å². The fraction of sp³-hybridized carbons (Fsp3) is 0.625. The minimum absolute atomic E-state index is 0.0972. The lowest BCUT2D eigenvalue weighted by molar-refractivity contribution is -0.133. The van der Waals surface area contributed by atoms with Crippen LogP contribution in [0.25, 0.3) is 0 Å². The first kappa shape index (κ1) is 18.6. The van der Waals surface area contributed by atoms with Gasteiger partial charge >= 0.3 is 0 Å². The van der Waals surface area contributed by atoms with Gasteiger partial charge in [-0.05, 0) is 50.5 Å². The van der Waals surface area contributed by atoms with Crippen molar-refractivity contribution >= 4 is 5.78 Å². The zero-order valence-corrected chi connectivity index (χ0v) is 18.0. The van der Waals surface area contributed by atoms with Gasteiger partial charge in [-0.2, -0.15) is 0 Å². The molecule has 0 unspecified atom stereocenters. The number of phenols is 1. The summed E-state index contributed by atoms with van der Waals surface area (Å²) in [5.74, 6) is 2.75. The van der Waals surface area contributed by atoms with Gasteiger partial charge in [0.15, 0.2) is 17.6 Å². The minimum Gasteiger partial charge on any atom is -0.508 e. The predicted octanol–water partition coefficient (Wildman–Crippen LogP) is 2.47. The molecule has 3 aliphatic carbocycles. The van der Waals surface area contributed by atoms with Crippen LogP contribution in [0, 0.1) is 11.8 Å². The second-order valence-electron chi connectivity index (χ2n) is 10.1. The first-order valence-corrected chi connectivity index (χ1v) is 11.2. The molecule has 5 aliphatic rings. The molecule has 2 bridgehead atoms. The molecule has 4 atom stereocenters. The zero-order valence-electron chi connectivity index (χ0n) is 18.0. The highest BCUT2D eigenvalue weighted by Gasteiger charge is 2.67. The van der Waals surface area contributed by atoms with E-state index in [1.807, 2.05) is 25.2 Å². The standard InChI is InChI=1S/C24H30N2O4/c1-25(2)12-14-8-16-17-9-15-18(27)10-19(29-3)22-20(15)24(16,23(30-22)21(14)28)6-7-26(17)11-13-4-5-13/h10,12-13,16-17,23,27H,4-9,11H2,1-3H3/t16-,17+,23-,24-/m0/s1. The molecule has 2 saturated carbocycles. The molecule has 0 radical (unpaired) electrons. The third-order valence-electron chi connectivity index (χ3n) is 8.14. The van der Waals surface area contributed by atoms with Crippen LogP contribution in [0.2, 0.25) is 0 Å². The summed E-state index contributed by atoms with van der Waals surface area (Å²) >= 11 is 0. The molecular formula is C24H30N2O4. The number of hydrogen-bond acceptors (Lipinski definition) is 6. The number of benzene rings is 1. The van der Waals surface area contributed by atoms with Crippen LogP contribution in [0.5, 0.6) is 17.2 Å². The lowest BCUT2D eigenvalue weighted by Gasteiger charge is -2.58. The van der Waals surface area contributed by atoms with Crippen LogP contribution in [0.15, 0.2) is 17.8 Å². The number of likely N-dealkylation sites (tertiary alicyclic amines) is 1. The van der Waals surface area contributed by atoms with E-state index in [2.05, 4.69) is 4.90 Å². The molecule has 1 aromatic carbocycles. The van der Waals surface area contributed by atoms with Crippen molar-refractivity contribution in [3.05, 3.63) is 29.0 Å². The lowest BCUT2D eigenvalue weighted by atomic mass is 9.51. The van der Waals surface area contributed by atoms with Crippen LogP contribution in [0.3, 0.4) is 0 Å². The Kier molecular flexibility index (Phi) is 3.81. The first-order valence-electron chi connectivity index (χ1n) is 11.2. The average Bonchev–Trinajstić information content (AvgIpc) is 3.45. The Morgan fingerprint density at radius 1 is 1.37 bits per heavy atom. The molecule has 0 aromatic heterocycles. The van der Waals surface area contributed by atoms with Crippen LogP contribution in [0.1, 0.15) is 36.8 Å². The Bertz CT molecular complexity index is 966. The Morgan fingerprint density at radius 3 is 2.87 bits per heavy atom. The molecule has 30 heavy (non-hydrogen) atoms. The number of phenolic OH excluding ortho intramolecular Hbond substituents is 1. The number of methoxy groups -OCH3 is 1. The summed E-state index contributed by atoms with van der Waals surface area (Å²) in [5, 5.41) is 10.9. The fourth-order valence-electron chi connectivity index (χ4n) is 6.78. The molecule has 1 spiro atoms. The van der Waals surface area contributed by atoms with Gasteiger partial charge in [0.2, 0.25) is 5.78 Å². The van der Waals surface area contributed by atoms with E-state index in [1.165, 1.54) is 12.8 Å². The molecular weight excluding hydrogens is 380 g/mol. The van der Waals surface area contributed by atoms with Gasteiger partial charge in [0.25, 0.3) is 0 Å². The molecule has 6 nitrogen and oxygen atoms in total. The van der Waals surface area contributed by atoms with Crippen molar-refractivity contribution in [3.8, 4) is 17.2 Å². The van der Waals surface area contributed by atoms with Crippen molar-refractivity contribution in [2.75, 3.05) is 34.3 Å². The van der Waals surface area contributed by atoms with E-state index >= 15 is 0 Å². The summed E-state index contributed by atoms with van der Waals surface area (Å²) in [7, 11) is 5.53. The van der Waals surface area contributed by atoms with Gasteiger partial charge < -0.3 is 19.5 Å². The molecule has 1 aromatic rings. The predicted molar refractivity (Wildman–Crippen MR) is 112 cm³/mol. The van der Waals surface area contributed by atoms with E-state index in [9.17, 15) is 9.90 Å². The quantitative estimate of drug-likeness (QED) is 0.770. The van der Waals surface area contributed by atoms with E-state index in [0.29, 0.717) is 23.5 Å². The number of aromatic hydroxyl groups is 1. The molecule has 6 heteroatoms. The number of hydrogen-bond donors (Lipinski definition) is 1. The fourth-order valence-corrected chi connectivity index (χ4v) is 6.78. The number of piperidine rings is 1. The van der Waals surface area contributed by atoms with Crippen molar-refractivity contribution in [1.82, 2.24) is 9.80 Å². The van der Waals surface area contributed by atoms with E-state index in [4.69, 9.17) is 9.47 Å². The van der Waals surface area contributed by atoms with Crippen molar-refractivity contribution in [1.29, 1.82) is 0 Å². The van der Waals surface area contributed by atoms with Crippen LogP contribution in [-0.4, -0.2) is 67.1 Å². The van der Waals surface area contributed by atoms with Crippen molar-refractivity contribution in [3.63, 3.8) is 0 Å². The van der Waals surface area contributed by atoms with E-state index in [0.717, 1.165) is 55.0 Å². The number of carbonyl (C=O) groups is 1. The Hall–Kier alpha value is -2.21. The molecule has 1 saturated heterocycles. The third-order valence-corrected chi connectivity index (χ3v) is 8.14. The molecule has 0 amide bonds. The maximum atomic E-state index is 13.6. The summed E-state index contributed by atoms with van der Waals surface area (Å²) in [6.07, 6.45) is 6.62. The summed E-state index contributed by atoms with van der Waals surface area (Å²) < 4.78 is 12.0. The van der Waals surface area contributed by atoms with Crippen LogP contribution >= 0.6 is 0 Å². The average molecular weight is 411 g/mol. The Balaban J connectivity index is 1.55. The normalized spacial score (nSPS) is 35.2. The Morgan fingerprint density at radius 2 is 2.17 bits per heavy atom. The van der Waals surface area contributed by atoms with E-state index in [-0.39, 0.29) is 16.9 Å². The summed E-state index contributed by atoms with van der Waals surface area (Å²) in [4.78, 5) is 18.2. The summed E-state index contributed by atoms with van der Waals surface area (Å²) in [6.45, 7) is 2.14. The monoisotopic (exact) mass is 410 g/mol. The number of nitrogens with zero attached hydrogens (tertiary/aromatic N) is 2. The van der Waals surface area contributed by atoms with Gasteiger partial charge in [-0.3, -0.25) is 9.69 Å². The largest absolute Gasteiger partial charge is 0.508 e. The van der Waals surface area contributed by atoms with Crippen molar-refractivity contribution in [2.24, 2.45) is 11.8 Å². The Labute approximate surface area is 177 Å². The molecule has 2 heterocycles. The zero-order chi connectivity index (χ0) is 20.8. The van der Waals surface area contributed by atoms with Crippen LogP contribution in [-0.2, 0) is 16.6 Å². The van der Waals surface area contributed by atoms with Crippen LogP contribution < -0.4 is 9.47 Å². The first-order chi connectivity index (χ1) is 14.4. The highest BCUT2D eigenvalue weighted by Crippen LogP contribution is 2.65. The molecule has 6 rings (SSSR count). The maximum absolute atomic E-state index is 13.6. The topological polar surface area (TPSA) is 62.2 Å². The van der Waals surface area contributed by atoms with Gasteiger partial charge in [-0.1, -0.05) is 0 Å². The van der Waals surface area contributed by atoms with Gasteiger partial charge in [-0.15, -0.1) is 0 Å². The number of carbonyl (C=O) groups excluding carboxylic acids is 1. The van der Waals surface area contributed by atoms with Gasteiger partial charge in [-0.25, -0.2) is 0 Å². The van der Waals surface area contributed by atoms with Crippen molar-refractivity contribution < 1.29 is 19.4 Å². The third kappa shape index (κ3) is 2.31. The number of Topliss-reactive ketones (excluding diaryl/α,β-unsaturated/α-hetero) is 1. The second-order valence-corrected chi connectivity index (χ2v) is 10.1. The molecule has 1 N–H and O–H groups in total. The highest BCUT2D eigenvalue weighted by atomic mass is 16.5. The summed E-state index contributed by atoms with van der Waals surface area (Å²) in [5.41, 5.74) is 2.56. The molecule has 2 aliphatic heterocycles. The highest BCUT2D eigenvalue weighted by molar-refractivity contribution is 6.02. The molecule has 160 valence electrons. The lowest BCUT2D eigenvalue weighted by Crippen LogP contribution is -2.66. The minimum atomic E-state index is -0.516. The van der Waals surface area contributed by atoms with Gasteiger partial charge in [0.05, 0.1) is 7.11 Å².